The van der Waals surface area contributed by atoms with Crippen LogP contribution in [0.2, 0.25) is 0 Å². The minimum Gasteiger partial charge on any atom is -0.493 e. The topological polar surface area (TPSA) is 29.5 Å². The van der Waals surface area contributed by atoms with Crippen LogP contribution in [0.5, 0.6) is 5.75 Å². The highest BCUT2D eigenvalue weighted by Gasteiger charge is 2.14. The molecule has 0 aliphatic carbocycles. The number of anilines is 1. The number of halogens is 1. The van der Waals surface area contributed by atoms with Gasteiger partial charge in [-0.1, -0.05) is 0 Å². The summed E-state index contributed by atoms with van der Waals surface area (Å²) in [6, 6.07) is 5.77. The molecule has 0 aromatic heterocycles. The molecule has 0 saturated heterocycles. The van der Waals surface area contributed by atoms with Gasteiger partial charge in [-0.2, -0.15) is 0 Å². The normalized spacial score (nSPS) is 13.3. The van der Waals surface area contributed by atoms with Gasteiger partial charge < -0.3 is 9.64 Å². The summed E-state index contributed by atoms with van der Waals surface area (Å²) in [6.07, 6.45) is 0.924. The minimum atomic E-state index is -0.142. The molecule has 1 aromatic carbocycles. The predicted octanol–water partition coefficient (Wildman–Crippen LogP) is 2.57. The first kappa shape index (κ1) is 9.52. The Balaban J connectivity index is 2.33. The fourth-order valence-corrected chi connectivity index (χ4v) is 1.69. The molecular formula is C10H10BrNO2. The number of nitrogens with zero attached hydrogens (tertiary/aromatic N) is 1. The molecule has 2 rings (SSSR count). The molecule has 0 radical (unpaired) electrons. The summed E-state index contributed by atoms with van der Waals surface area (Å²) in [6.45, 7) is 0.741. The summed E-state index contributed by atoms with van der Waals surface area (Å²) in [7, 11) is 1.73. The van der Waals surface area contributed by atoms with Gasteiger partial charge in [0.1, 0.15) is 5.75 Å². The number of amides is 1. The Hall–Kier alpha value is -1.03. The molecule has 0 fully saturated rings. The predicted molar refractivity (Wildman–Crippen MR) is 58.4 cm³/mol. The zero-order chi connectivity index (χ0) is 10.1. The number of hydrogen-bond acceptors (Lipinski definition) is 2. The zero-order valence-corrected chi connectivity index (χ0v) is 9.37. The van der Waals surface area contributed by atoms with Crippen LogP contribution >= 0.6 is 15.9 Å². The summed E-state index contributed by atoms with van der Waals surface area (Å²) in [5, 5.41) is 0. The SMILES string of the molecule is CN(C(=O)Br)c1ccc2c(c1)CCO2. The van der Waals surface area contributed by atoms with Gasteiger partial charge in [0.15, 0.2) is 0 Å². The maximum atomic E-state index is 11.1. The lowest BCUT2D eigenvalue weighted by atomic mass is 10.1. The number of carbonyl (C=O) groups is 1. The van der Waals surface area contributed by atoms with E-state index in [1.54, 1.807) is 11.9 Å². The Bertz CT molecular complexity index is 378. The van der Waals surface area contributed by atoms with Crippen molar-refractivity contribution in [1.82, 2.24) is 0 Å². The molecule has 14 heavy (non-hydrogen) atoms. The Morgan fingerprint density at radius 1 is 1.57 bits per heavy atom. The van der Waals surface area contributed by atoms with Gasteiger partial charge in [-0.05, 0) is 23.8 Å². The summed E-state index contributed by atoms with van der Waals surface area (Å²) in [5.74, 6) is 0.934. The first-order valence-corrected chi connectivity index (χ1v) is 5.16. The molecule has 1 amide bonds. The van der Waals surface area contributed by atoms with E-state index in [4.69, 9.17) is 4.74 Å². The number of ether oxygens (including phenoxy) is 1. The van der Waals surface area contributed by atoms with Crippen LogP contribution in [0.1, 0.15) is 5.56 Å². The van der Waals surface area contributed by atoms with Crippen molar-refractivity contribution >= 4 is 26.4 Å². The van der Waals surface area contributed by atoms with E-state index in [1.807, 2.05) is 18.2 Å². The van der Waals surface area contributed by atoms with Gasteiger partial charge >= 0.3 is 0 Å². The van der Waals surface area contributed by atoms with Crippen LogP contribution in [0.4, 0.5) is 10.5 Å². The van der Waals surface area contributed by atoms with Crippen molar-refractivity contribution in [3.63, 3.8) is 0 Å². The highest BCUT2D eigenvalue weighted by atomic mass is 79.9. The van der Waals surface area contributed by atoms with Crippen LogP contribution in [-0.2, 0) is 6.42 Å². The average molecular weight is 256 g/mol. The molecular weight excluding hydrogens is 246 g/mol. The van der Waals surface area contributed by atoms with Crippen molar-refractivity contribution in [3.05, 3.63) is 23.8 Å². The van der Waals surface area contributed by atoms with Crippen molar-refractivity contribution in [2.45, 2.75) is 6.42 Å². The molecule has 4 heteroatoms. The molecule has 3 nitrogen and oxygen atoms in total. The smallest absolute Gasteiger partial charge is 0.293 e. The summed E-state index contributed by atoms with van der Waals surface area (Å²) in [5.41, 5.74) is 2.05. The van der Waals surface area contributed by atoms with Crippen molar-refractivity contribution < 1.29 is 9.53 Å². The van der Waals surface area contributed by atoms with E-state index in [-0.39, 0.29) is 4.82 Å². The van der Waals surface area contributed by atoms with Gasteiger partial charge in [-0.3, -0.25) is 4.79 Å². The van der Waals surface area contributed by atoms with Crippen molar-refractivity contribution in [2.75, 3.05) is 18.6 Å². The Kier molecular flexibility index (Phi) is 2.46. The highest BCUT2D eigenvalue weighted by Crippen LogP contribution is 2.29. The Morgan fingerprint density at radius 2 is 2.36 bits per heavy atom. The van der Waals surface area contributed by atoms with E-state index in [0.29, 0.717) is 0 Å². The first-order chi connectivity index (χ1) is 6.68. The van der Waals surface area contributed by atoms with Gasteiger partial charge in [0.25, 0.3) is 4.82 Å². The highest BCUT2D eigenvalue weighted by molar-refractivity contribution is 9.18. The van der Waals surface area contributed by atoms with Gasteiger partial charge in [-0.15, -0.1) is 0 Å². The Morgan fingerprint density at radius 3 is 3.07 bits per heavy atom. The van der Waals surface area contributed by atoms with E-state index < -0.39 is 0 Å². The minimum absolute atomic E-state index is 0.142. The second kappa shape index (κ2) is 3.61. The monoisotopic (exact) mass is 255 g/mol. The van der Waals surface area contributed by atoms with Crippen LogP contribution in [-0.4, -0.2) is 18.5 Å². The molecule has 74 valence electrons. The number of carbonyl (C=O) groups excluding carboxylic acids is 1. The average Bonchev–Trinajstić information content (AvgIpc) is 2.62. The lowest BCUT2D eigenvalue weighted by Crippen LogP contribution is -2.18. The third-order valence-corrected chi connectivity index (χ3v) is 2.86. The number of hydrogen-bond donors (Lipinski definition) is 0. The maximum absolute atomic E-state index is 11.1. The molecule has 1 aliphatic heterocycles. The van der Waals surface area contributed by atoms with E-state index in [1.165, 1.54) is 5.56 Å². The van der Waals surface area contributed by atoms with Gasteiger partial charge in [0.05, 0.1) is 6.61 Å². The number of benzene rings is 1. The zero-order valence-electron chi connectivity index (χ0n) is 7.79. The largest absolute Gasteiger partial charge is 0.493 e. The van der Waals surface area contributed by atoms with Gasteiger partial charge in [-0.25, -0.2) is 0 Å². The standard InChI is InChI=1S/C10H10BrNO2/c1-12(10(11)13)8-2-3-9-7(6-8)4-5-14-9/h2-3,6H,4-5H2,1H3. The fraction of sp³-hybridized carbons (Fsp3) is 0.300. The lowest BCUT2D eigenvalue weighted by Gasteiger charge is -2.14. The molecule has 0 saturated carbocycles. The van der Waals surface area contributed by atoms with Crippen molar-refractivity contribution in [3.8, 4) is 5.75 Å². The van der Waals surface area contributed by atoms with Crippen LogP contribution in [0.15, 0.2) is 18.2 Å². The van der Waals surface area contributed by atoms with Crippen LogP contribution in [0.25, 0.3) is 0 Å². The van der Waals surface area contributed by atoms with E-state index >= 15 is 0 Å². The number of rotatable bonds is 1. The van der Waals surface area contributed by atoms with Crippen LogP contribution in [0, 0.1) is 0 Å². The molecule has 0 N–H and O–H groups in total. The Labute approximate surface area is 90.8 Å². The molecule has 1 aromatic rings. The van der Waals surface area contributed by atoms with Crippen LogP contribution < -0.4 is 9.64 Å². The van der Waals surface area contributed by atoms with Crippen molar-refractivity contribution in [1.29, 1.82) is 0 Å². The third kappa shape index (κ3) is 1.62. The fourth-order valence-electron chi connectivity index (χ4n) is 1.48. The maximum Gasteiger partial charge on any atom is 0.293 e. The quantitative estimate of drug-likeness (QED) is 0.571. The molecule has 1 heterocycles. The molecule has 0 atom stereocenters. The van der Waals surface area contributed by atoms with E-state index in [2.05, 4.69) is 15.9 Å². The van der Waals surface area contributed by atoms with E-state index in [9.17, 15) is 4.79 Å². The van der Waals surface area contributed by atoms with Gasteiger partial charge in [0, 0.05) is 35.1 Å². The molecule has 1 aliphatic rings. The second-order valence-electron chi connectivity index (χ2n) is 3.20. The van der Waals surface area contributed by atoms with Gasteiger partial charge in [0.2, 0.25) is 0 Å². The third-order valence-electron chi connectivity index (χ3n) is 2.32. The summed E-state index contributed by atoms with van der Waals surface area (Å²) >= 11 is 2.91. The number of fused-ring (bicyclic) bond motifs is 1. The summed E-state index contributed by atoms with van der Waals surface area (Å²) < 4.78 is 5.38. The van der Waals surface area contributed by atoms with Crippen LogP contribution in [0.3, 0.4) is 0 Å². The molecule has 0 bridgehead atoms. The first-order valence-electron chi connectivity index (χ1n) is 4.37. The molecule has 0 unspecified atom stereocenters. The lowest BCUT2D eigenvalue weighted by molar-refractivity contribution is 0.267. The molecule has 0 spiro atoms. The van der Waals surface area contributed by atoms with E-state index in [0.717, 1.165) is 24.5 Å². The second-order valence-corrected chi connectivity index (χ2v) is 3.88. The summed E-state index contributed by atoms with van der Waals surface area (Å²) in [4.78, 5) is 12.5. The van der Waals surface area contributed by atoms with Crippen molar-refractivity contribution in [2.24, 2.45) is 0 Å².